The summed E-state index contributed by atoms with van der Waals surface area (Å²) in [6, 6.07) is 9.52. The summed E-state index contributed by atoms with van der Waals surface area (Å²) in [5, 5.41) is 3.25. The molecule has 19 heavy (non-hydrogen) atoms. The van der Waals surface area contributed by atoms with Crippen LogP contribution >= 0.6 is 0 Å². The van der Waals surface area contributed by atoms with Crippen molar-refractivity contribution in [2.24, 2.45) is 0 Å². The summed E-state index contributed by atoms with van der Waals surface area (Å²) in [6.45, 7) is 4.87. The fourth-order valence-corrected chi connectivity index (χ4v) is 1.74. The van der Waals surface area contributed by atoms with E-state index in [1.165, 1.54) is 0 Å². The molecular formula is C14H19N5. The first-order valence-corrected chi connectivity index (χ1v) is 6.28. The zero-order chi connectivity index (χ0) is 13.8. The molecule has 1 heterocycles. The minimum absolute atomic E-state index is 0.724. The average Bonchev–Trinajstić information content (AvgIpc) is 2.37. The van der Waals surface area contributed by atoms with Gasteiger partial charge in [0, 0.05) is 31.0 Å². The molecule has 1 aromatic carbocycles. The predicted molar refractivity (Wildman–Crippen MR) is 79.9 cm³/mol. The van der Waals surface area contributed by atoms with Gasteiger partial charge in [0.25, 0.3) is 0 Å². The first-order chi connectivity index (χ1) is 9.08. The van der Waals surface area contributed by atoms with Crippen LogP contribution in [0.1, 0.15) is 12.7 Å². The summed E-state index contributed by atoms with van der Waals surface area (Å²) >= 11 is 0. The van der Waals surface area contributed by atoms with Crippen LogP contribution in [-0.2, 0) is 0 Å². The molecule has 1 aromatic heterocycles. The molecule has 3 N–H and O–H groups in total. The van der Waals surface area contributed by atoms with Crippen molar-refractivity contribution >= 4 is 23.0 Å². The van der Waals surface area contributed by atoms with E-state index >= 15 is 0 Å². The minimum Gasteiger partial charge on any atom is -0.399 e. The second kappa shape index (κ2) is 5.56. The Labute approximate surface area is 113 Å². The van der Waals surface area contributed by atoms with Crippen LogP contribution in [0.4, 0.5) is 23.0 Å². The summed E-state index contributed by atoms with van der Waals surface area (Å²) in [7, 11) is 2.01. The molecule has 0 aliphatic heterocycles. The van der Waals surface area contributed by atoms with Gasteiger partial charge in [-0.05, 0) is 32.0 Å². The van der Waals surface area contributed by atoms with E-state index in [2.05, 4.69) is 27.1 Å². The molecule has 0 aliphatic rings. The molecular weight excluding hydrogens is 238 g/mol. The van der Waals surface area contributed by atoms with Gasteiger partial charge in [0.15, 0.2) is 0 Å². The monoisotopic (exact) mass is 257 g/mol. The molecule has 5 heteroatoms. The number of aromatic nitrogens is 2. The summed E-state index contributed by atoms with van der Waals surface area (Å²) in [6.07, 6.45) is 0. The van der Waals surface area contributed by atoms with Crippen molar-refractivity contribution in [3.63, 3.8) is 0 Å². The van der Waals surface area contributed by atoms with Crippen LogP contribution in [0.25, 0.3) is 0 Å². The third-order valence-electron chi connectivity index (χ3n) is 2.85. The Bertz CT molecular complexity index is 568. The number of hydrogen-bond acceptors (Lipinski definition) is 5. The highest BCUT2D eigenvalue weighted by Gasteiger charge is 2.05. The number of anilines is 4. The van der Waals surface area contributed by atoms with Gasteiger partial charge >= 0.3 is 0 Å². The standard InChI is InChI=1S/C14H19N5/c1-4-19(3)14-9-13(16-10(2)17-14)18-12-7-5-6-11(15)8-12/h5-9H,4,15H2,1-3H3,(H,16,17,18). The molecule has 2 aromatic rings. The SMILES string of the molecule is CCN(C)c1cc(Nc2cccc(N)c2)nc(C)n1. The first-order valence-electron chi connectivity index (χ1n) is 6.28. The molecule has 100 valence electrons. The van der Waals surface area contributed by atoms with Crippen LogP contribution < -0.4 is 16.0 Å². The quantitative estimate of drug-likeness (QED) is 0.824. The predicted octanol–water partition coefficient (Wildman–Crippen LogP) is 2.57. The molecule has 0 bridgehead atoms. The van der Waals surface area contributed by atoms with Crippen LogP contribution in [-0.4, -0.2) is 23.6 Å². The van der Waals surface area contributed by atoms with E-state index in [0.29, 0.717) is 0 Å². The Hall–Kier alpha value is -2.30. The van der Waals surface area contributed by atoms with Crippen molar-refractivity contribution < 1.29 is 0 Å². The zero-order valence-electron chi connectivity index (χ0n) is 11.5. The lowest BCUT2D eigenvalue weighted by Crippen LogP contribution is -2.18. The number of nitrogens with one attached hydrogen (secondary N) is 1. The van der Waals surface area contributed by atoms with Gasteiger partial charge in [0.2, 0.25) is 0 Å². The number of benzene rings is 1. The maximum Gasteiger partial charge on any atom is 0.136 e. The van der Waals surface area contributed by atoms with Crippen LogP contribution in [0.3, 0.4) is 0 Å². The third kappa shape index (κ3) is 3.34. The molecule has 0 aliphatic carbocycles. The first kappa shape index (κ1) is 13.1. The van der Waals surface area contributed by atoms with Gasteiger partial charge in [-0.25, -0.2) is 9.97 Å². The van der Waals surface area contributed by atoms with E-state index in [1.54, 1.807) is 0 Å². The highest BCUT2D eigenvalue weighted by atomic mass is 15.2. The Kier molecular flexibility index (Phi) is 3.85. The van der Waals surface area contributed by atoms with Crippen LogP contribution in [0.15, 0.2) is 30.3 Å². The van der Waals surface area contributed by atoms with Crippen molar-refractivity contribution in [2.45, 2.75) is 13.8 Å². The van der Waals surface area contributed by atoms with Crippen molar-refractivity contribution in [3.8, 4) is 0 Å². The van der Waals surface area contributed by atoms with Gasteiger partial charge in [-0.3, -0.25) is 0 Å². The number of nitrogens with zero attached hydrogens (tertiary/aromatic N) is 3. The Morgan fingerprint density at radius 2 is 2.05 bits per heavy atom. The van der Waals surface area contributed by atoms with Crippen molar-refractivity contribution in [2.75, 3.05) is 29.5 Å². The summed E-state index contributed by atoms with van der Waals surface area (Å²) in [5.41, 5.74) is 7.40. The maximum absolute atomic E-state index is 5.76. The number of aryl methyl sites for hydroxylation is 1. The molecule has 0 saturated carbocycles. The van der Waals surface area contributed by atoms with E-state index in [4.69, 9.17) is 5.73 Å². The lowest BCUT2D eigenvalue weighted by atomic mass is 10.3. The zero-order valence-corrected chi connectivity index (χ0v) is 11.5. The maximum atomic E-state index is 5.76. The Morgan fingerprint density at radius 1 is 1.26 bits per heavy atom. The van der Waals surface area contributed by atoms with Crippen molar-refractivity contribution in [3.05, 3.63) is 36.2 Å². The van der Waals surface area contributed by atoms with Crippen LogP contribution in [0, 0.1) is 6.92 Å². The molecule has 0 radical (unpaired) electrons. The van der Waals surface area contributed by atoms with Crippen LogP contribution in [0.5, 0.6) is 0 Å². The van der Waals surface area contributed by atoms with Crippen LogP contribution in [0.2, 0.25) is 0 Å². The van der Waals surface area contributed by atoms with Gasteiger partial charge in [-0.1, -0.05) is 6.07 Å². The van der Waals surface area contributed by atoms with Gasteiger partial charge in [-0.2, -0.15) is 0 Å². The normalized spacial score (nSPS) is 10.3. The molecule has 0 atom stereocenters. The van der Waals surface area contributed by atoms with E-state index in [0.717, 1.165) is 35.4 Å². The Balaban J connectivity index is 2.27. The molecule has 0 spiro atoms. The molecule has 0 unspecified atom stereocenters. The number of hydrogen-bond donors (Lipinski definition) is 2. The van der Waals surface area contributed by atoms with Gasteiger partial charge in [-0.15, -0.1) is 0 Å². The lowest BCUT2D eigenvalue weighted by Gasteiger charge is -2.17. The highest BCUT2D eigenvalue weighted by Crippen LogP contribution is 2.20. The Morgan fingerprint density at radius 3 is 2.74 bits per heavy atom. The summed E-state index contributed by atoms with van der Waals surface area (Å²) in [5.74, 6) is 2.42. The second-order valence-electron chi connectivity index (χ2n) is 4.42. The molecule has 0 amide bonds. The van der Waals surface area contributed by atoms with Gasteiger partial charge < -0.3 is 16.0 Å². The summed E-state index contributed by atoms with van der Waals surface area (Å²) < 4.78 is 0. The van der Waals surface area contributed by atoms with Crippen molar-refractivity contribution in [1.82, 2.24) is 9.97 Å². The smallest absolute Gasteiger partial charge is 0.136 e. The minimum atomic E-state index is 0.724. The van der Waals surface area contributed by atoms with Gasteiger partial charge in [0.1, 0.15) is 17.5 Å². The largest absolute Gasteiger partial charge is 0.399 e. The van der Waals surface area contributed by atoms with E-state index in [-0.39, 0.29) is 0 Å². The number of rotatable bonds is 4. The third-order valence-corrected chi connectivity index (χ3v) is 2.85. The molecule has 0 fully saturated rings. The summed E-state index contributed by atoms with van der Waals surface area (Å²) in [4.78, 5) is 10.9. The fraction of sp³-hybridized carbons (Fsp3) is 0.286. The van der Waals surface area contributed by atoms with Crippen molar-refractivity contribution in [1.29, 1.82) is 0 Å². The van der Waals surface area contributed by atoms with E-state index in [9.17, 15) is 0 Å². The topological polar surface area (TPSA) is 67.1 Å². The van der Waals surface area contributed by atoms with Gasteiger partial charge in [0.05, 0.1) is 0 Å². The second-order valence-corrected chi connectivity index (χ2v) is 4.42. The lowest BCUT2D eigenvalue weighted by molar-refractivity contribution is 0.914. The molecule has 5 nitrogen and oxygen atoms in total. The molecule has 0 saturated heterocycles. The number of nitrogen functional groups attached to an aromatic ring is 1. The van der Waals surface area contributed by atoms with E-state index < -0.39 is 0 Å². The average molecular weight is 257 g/mol. The highest BCUT2D eigenvalue weighted by molar-refractivity contribution is 5.63. The molecule has 2 rings (SSSR count). The fourth-order valence-electron chi connectivity index (χ4n) is 1.74. The van der Waals surface area contributed by atoms with E-state index in [1.807, 2.05) is 44.3 Å². The number of nitrogens with two attached hydrogens (primary N) is 1.